The first-order valence-electron chi connectivity index (χ1n) is 4.19. The van der Waals surface area contributed by atoms with Gasteiger partial charge in [0.2, 0.25) is 5.95 Å². The Hall–Kier alpha value is -1.71. The first-order chi connectivity index (χ1) is 6.33. The van der Waals surface area contributed by atoms with Crippen LogP contribution in [0, 0.1) is 0 Å². The Kier molecular flexibility index (Phi) is 1.81. The Morgan fingerprint density at radius 2 is 2.08 bits per heavy atom. The van der Waals surface area contributed by atoms with Crippen molar-refractivity contribution in [1.82, 2.24) is 9.97 Å². The fourth-order valence-electron chi connectivity index (χ4n) is 1.28. The van der Waals surface area contributed by atoms with Gasteiger partial charge in [-0.15, -0.1) is 0 Å². The number of fused-ring (bicyclic) bond motifs is 1. The smallest absolute Gasteiger partial charge is 0.200 e. The zero-order chi connectivity index (χ0) is 9.26. The van der Waals surface area contributed by atoms with Crippen molar-refractivity contribution in [2.75, 3.05) is 24.7 Å². The van der Waals surface area contributed by atoms with E-state index in [0.717, 1.165) is 22.7 Å². The molecule has 0 fully saturated rings. The highest BCUT2D eigenvalue weighted by Gasteiger charge is 2.00. The van der Waals surface area contributed by atoms with E-state index in [-0.39, 0.29) is 0 Å². The molecule has 0 radical (unpaired) electrons. The quantitative estimate of drug-likeness (QED) is 0.652. The number of imidazole rings is 1. The van der Waals surface area contributed by atoms with E-state index in [1.807, 2.05) is 32.3 Å². The summed E-state index contributed by atoms with van der Waals surface area (Å²) in [6.07, 6.45) is 0. The average Bonchev–Trinajstić information content (AvgIpc) is 2.58. The van der Waals surface area contributed by atoms with Crippen molar-refractivity contribution in [3.63, 3.8) is 0 Å². The second kappa shape index (κ2) is 2.97. The molecule has 4 nitrogen and oxygen atoms in total. The van der Waals surface area contributed by atoms with Crippen LogP contribution in [-0.2, 0) is 0 Å². The standard InChI is InChI=1S/C9H12N4/c1-10-6-3-4-7-8(5-6)13-9(11-2)12-7/h3-5,10H,1-2H3,(H2,11,12,13). The highest BCUT2D eigenvalue weighted by atomic mass is 15.1. The van der Waals surface area contributed by atoms with Gasteiger partial charge in [-0.3, -0.25) is 0 Å². The van der Waals surface area contributed by atoms with Crippen molar-refractivity contribution in [2.45, 2.75) is 0 Å². The van der Waals surface area contributed by atoms with Crippen molar-refractivity contribution in [3.8, 4) is 0 Å². The molecule has 2 aromatic rings. The van der Waals surface area contributed by atoms with Gasteiger partial charge in [0.05, 0.1) is 11.0 Å². The summed E-state index contributed by atoms with van der Waals surface area (Å²) in [6, 6.07) is 6.02. The number of rotatable bonds is 2. The van der Waals surface area contributed by atoms with E-state index < -0.39 is 0 Å². The van der Waals surface area contributed by atoms with E-state index in [9.17, 15) is 0 Å². The maximum Gasteiger partial charge on any atom is 0.200 e. The van der Waals surface area contributed by atoms with Crippen LogP contribution in [0.4, 0.5) is 11.6 Å². The average molecular weight is 176 g/mol. The molecule has 0 aliphatic rings. The lowest BCUT2D eigenvalue weighted by Crippen LogP contribution is -1.88. The fourth-order valence-corrected chi connectivity index (χ4v) is 1.28. The molecule has 0 aliphatic carbocycles. The maximum atomic E-state index is 4.31. The third kappa shape index (κ3) is 1.30. The van der Waals surface area contributed by atoms with Crippen molar-refractivity contribution < 1.29 is 0 Å². The number of nitrogens with zero attached hydrogens (tertiary/aromatic N) is 1. The van der Waals surface area contributed by atoms with Crippen LogP contribution in [0.2, 0.25) is 0 Å². The van der Waals surface area contributed by atoms with Gasteiger partial charge in [-0.25, -0.2) is 4.98 Å². The van der Waals surface area contributed by atoms with Gasteiger partial charge >= 0.3 is 0 Å². The number of H-pyrrole nitrogens is 1. The van der Waals surface area contributed by atoms with E-state index in [1.165, 1.54) is 0 Å². The molecule has 0 atom stereocenters. The number of benzene rings is 1. The molecule has 0 unspecified atom stereocenters. The molecule has 0 amide bonds. The molecular formula is C9H12N4. The first kappa shape index (κ1) is 7.91. The summed E-state index contributed by atoms with van der Waals surface area (Å²) in [6.45, 7) is 0. The predicted molar refractivity (Wildman–Crippen MR) is 55.2 cm³/mol. The van der Waals surface area contributed by atoms with Gasteiger partial charge in [-0.2, -0.15) is 0 Å². The van der Waals surface area contributed by atoms with E-state index in [0.29, 0.717) is 0 Å². The third-order valence-corrected chi connectivity index (χ3v) is 2.01. The third-order valence-electron chi connectivity index (χ3n) is 2.01. The van der Waals surface area contributed by atoms with Crippen molar-refractivity contribution in [2.24, 2.45) is 0 Å². The summed E-state index contributed by atoms with van der Waals surface area (Å²) >= 11 is 0. The van der Waals surface area contributed by atoms with Crippen LogP contribution < -0.4 is 10.6 Å². The Morgan fingerprint density at radius 3 is 2.77 bits per heavy atom. The minimum absolute atomic E-state index is 0.795. The Bertz CT molecular complexity index is 416. The molecule has 0 spiro atoms. The highest BCUT2D eigenvalue weighted by molar-refractivity contribution is 5.81. The molecule has 68 valence electrons. The predicted octanol–water partition coefficient (Wildman–Crippen LogP) is 1.65. The molecule has 13 heavy (non-hydrogen) atoms. The SMILES string of the molecule is CNc1ccc2nc(NC)[nH]c2c1. The van der Waals surface area contributed by atoms with Crippen LogP contribution in [0.1, 0.15) is 0 Å². The summed E-state index contributed by atoms with van der Waals surface area (Å²) in [7, 11) is 3.74. The number of aromatic amines is 1. The summed E-state index contributed by atoms with van der Waals surface area (Å²) in [5.74, 6) is 0.795. The largest absolute Gasteiger partial charge is 0.388 e. The summed E-state index contributed by atoms with van der Waals surface area (Å²) in [5.41, 5.74) is 3.10. The number of hydrogen-bond donors (Lipinski definition) is 3. The second-order valence-corrected chi connectivity index (χ2v) is 2.82. The Morgan fingerprint density at radius 1 is 1.23 bits per heavy atom. The number of aromatic nitrogens is 2. The molecule has 0 bridgehead atoms. The van der Waals surface area contributed by atoms with Gasteiger partial charge in [0, 0.05) is 19.8 Å². The van der Waals surface area contributed by atoms with Gasteiger partial charge in [0.1, 0.15) is 0 Å². The summed E-state index contributed by atoms with van der Waals surface area (Å²) in [4.78, 5) is 7.47. The van der Waals surface area contributed by atoms with Crippen LogP contribution in [0.5, 0.6) is 0 Å². The second-order valence-electron chi connectivity index (χ2n) is 2.82. The van der Waals surface area contributed by atoms with Gasteiger partial charge in [-0.1, -0.05) is 0 Å². The number of nitrogens with one attached hydrogen (secondary N) is 3. The van der Waals surface area contributed by atoms with E-state index in [2.05, 4.69) is 20.6 Å². The molecule has 0 aliphatic heterocycles. The molecule has 3 N–H and O–H groups in total. The van der Waals surface area contributed by atoms with Crippen molar-refractivity contribution in [3.05, 3.63) is 18.2 Å². The van der Waals surface area contributed by atoms with Crippen molar-refractivity contribution in [1.29, 1.82) is 0 Å². The van der Waals surface area contributed by atoms with E-state index >= 15 is 0 Å². The van der Waals surface area contributed by atoms with Crippen LogP contribution >= 0.6 is 0 Å². The molecular weight excluding hydrogens is 164 g/mol. The fraction of sp³-hybridized carbons (Fsp3) is 0.222. The van der Waals surface area contributed by atoms with Crippen LogP contribution in [0.3, 0.4) is 0 Å². The van der Waals surface area contributed by atoms with Crippen molar-refractivity contribution >= 4 is 22.7 Å². The molecule has 2 rings (SSSR count). The van der Waals surface area contributed by atoms with Crippen LogP contribution in [-0.4, -0.2) is 24.1 Å². The van der Waals surface area contributed by atoms with Gasteiger partial charge < -0.3 is 15.6 Å². The molecule has 1 aromatic heterocycles. The molecule has 4 heteroatoms. The lowest BCUT2D eigenvalue weighted by Gasteiger charge is -1.97. The van der Waals surface area contributed by atoms with Gasteiger partial charge in [0.25, 0.3) is 0 Å². The van der Waals surface area contributed by atoms with E-state index in [4.69, 9.17) is 0 Å². The number of anilines is 2. The Balaban J connectivity index is 2.57. The zero-order valence-corrected chi connectivity index (χ0v) is 7.68. The molecule has 0 saturated carbocycles. The van der Waals surface area contributed by atoms with Crippen LogP contribution in [0.15, 0.2) is 18.2 Å². The summed E-state index contributed by atoms with van der Waals surface area (Å²) in [5, 5.41) is 6.04. The lowest BCUT2D eigenvalue weighted by atomic mass is 10.3. The van der Waals surface area contributed by atoms with Crippen LogP contribution in [0.25, 0.3) is 11.0 Å². The first-order valence-corrected chi connectivity index (χ1v) is 4.19. The molecule has 1 heterocycles. The van der Waals surface area contributed by atoms with Gasteiger partial charge in [-0.05, 0) is 18.2 Å². The summed E-state index contributed by atoms with van der Waals surface area (Å²) < 4.78 is 0. The Labute approximate surface area is 76.4 Å². The molecule has 0 saturated heterocycles. The maximum absolute atomic E-state index is 4.31. The highest BCUT2D eigenvalue weighted by Crippen LogP contribution is 2.18. The minimum Gasteiger partial charge on any atom is -0.388 e. The zero-order valence-electron chi connectivity index (χ0n) is 7.68. The van der Waals surface area contributed by atoms with E-state index in [1.54, 1.807) is 0 Å². The topological polar surface area (TPSA) is 52.7 Å². The minimum atomic E-state index is 0.795. The number of hydrogen-bond acceptors (Lipinski definition) is 3. The van der Waals surface area contributed by atoms with Gasteiger partial charge in [0.15, 0.2) is 0 Å². The monoisotopic (exact) mass is 176 g/mol. The molecule has 1 aromatic carbocycles. The lowest BCUT2D eigenvalue weighted by molar-refractivity contribution is 1.28. The normalized spacial score (nSPS) is 10.3.